The molecule has 0 spiro atoms. The number of rotatable bonds is 6. The Morgan fingerprint density at radius 3 is 2.58 bits per heavy atom. The van der Waals surface area contributed by atoms with Gasteiger partial charge in [0.05, 0.1) is 12.5 Å². The lowest BCUT2D eigenvalue weighted by Gasteiger charge is -2.17. The molecule has 4 heteroatoms. The summed E-state index contributed by atoms with van der Waals surface area (Å²) in [4.78, 5) is 22.8. The molecule has 2 atom stereocenters. The van der Waals surface area contributed by atoms with Gasteiger partial charge in [-0.3, -0.25) is 9.59 Å². The van der Waals surface area contributed by atoms with Crippen molar-refractivity contribution in [1.82, 2.24) is 0 Å². The Morgan fingerprint density at radius 1 is 1.26 bits per heavy atom. The van der Waals surface area contributed by atoms with Gasteiger partial charge in [0.15, 0.2) is 0 Å². The molecular weight excluding hydrogens is 244 g/mol. The summed E-state index contributed by atoms with van der Waals surface area (Å²) in [7, 11) is 0. The third-order valence-electron chi connectivity index (χ3n) is 4.43. The van der Waals surface area contributed by atoms with Crippen LogP contribution in [0.15, 0.2) is 11.6 Å². The molecule has 2 aliphatic rings. The molecule has 0 aromatic heterocycles. The Kier molecular flexibility index (Phi) is 4.75. The van der Waals surface area contributed by atoms with Crippen LogP contribution in [0.5, 0.6) is 0 Å². The topological polar surface area (TPSA) is 74.6 Å². The smallest absolute Gasteiger partial charge is 0.304 e. The zero-order valence-corrected chi connectivity index (χ0v) is 11.2. The maximum atomic E-state index is 12.0. The minimum Gasteiger partial charge on any atom is -0.481 e. The minimum absolute atomic E-state index is 0.0371. The summed E-state index contributed by atoms with van der Waals surface area (Å²) in [5.74, 6) is -0.647. The first-order valence-electron chi connectivity index (χ1n) is 7.19. The van der Waals surface area contributed by atoms with E-state index in [2.05, 4.69) is 0 Å². The first-order chi connectivity index (χ1) is 9.08. The number of hydrogen-bond donors (Lipinski definition) is 2. The van der Waals surface area contributed by atoms with Crippen LogP contribution in [0.1, 0.15) is 51.4 Å². The number of ketones is 1. The number of carboxylic acids is 1. The van der Waals surface area contributed by atoms with Crippen molar-refractivity contribution < 1.29 is 19.8 Å². The number of carboxylic acid groups (broad SMARTS) is 1. The largest absolute Gasteiger partial charge is 0.481 e. The lowest BCUT2D eigenvalue weighted by molar-refractivity contribution is -0.138. The predicted octanol–water partition coefficient (Wildman–Crippen LogP) is 2.31. The molecule has 1 saturated carbocycles. The van der Waals surface area contributed by atoms with Crippen molar-refractivity contribution in [2.24, 2.45) is 11.8 Å². The molecule has 1 fully saturated rings. The van der Waals surface area contributed by atoms with E-state index < -0.39 is 12.1 Å². The fraction of sp³-hybridized carbons (Fsp3) is 0.733. The zero-order valence-electron chi connectivity index (χ0n) is 11.2. The standard InChI is InChI=1S/C15H22O4/c16-13(11-3-1-2-4-11)7-5-10-6-8-14(17)12(10)9-15(18)19/h6,11-12,14,17H,1-5,7-9H2,(H,18,19). The van der Waals surface area contributed by atoms with E-state index in [1.54, 1.807) is 0 Å². The first-order valence-corrected chi connectivity index (χ1v) is 7.19. The van der Waals surface area contributed by atoms with Crippen LogP contribution in [0.3, 0.4) is 0 Å². The molecule has 2 unspecified atom stereocenters. The monoisotopic (exact) mass is 266 g/mol. The Balaban J connectivity index is 1.84. The van der Waals surface area contributed by atoms with Crippen molar-refractivity contribution in [1.29, 1.82) is 0 Å². The lowest BCUT2D eigenvalue weighted by atomic mass is 9.90. The van der Waals surface area contributed by atoms with Gasteiger partial charge in [-0.05, 0) is 25.7 Å². The maximum Gasteiger partial charge on any atom is 0.304 e. The van der Waals surface area contributed by atoms with Gasteiger partial charge in [-0.1, -0.05) is 24.5 Å². The second kappa shape index (κ2) is 6.33. The second-order valence-electron chi connectivity index (χ2n) is 5.73. The van der Waals surface area contributed by atoms with Crippen molar-refractivity contribution in [3.05, 3.63) is 11.6 Å². The lowest BCUT2D eigenvalue weighted by Crippen LogP contribution is -2.21. The van der Waals surface area contributed by atoms with Gasteiger partial charge in [0.2, 0.25) is 0 Å². The van der Waals surface area contributed by atoms with E-state index in [9.17, 15) is 14.7 Å². The fourth-order valence-corrected chi connectivity index (χ4v) is 3.30. The molecule has 0 heterocycles. The van der Waals surface area contributed by atoms with Gasteiger partial charge in [-0.2, -0.15) is 0 Å². The maximum absolute atomic E-state index is 12.0. The summed E-state index contributed by atoms with van der Waals surface area (Å²) in [6.07, 6.45) is 7.25. The number of hydrogen-bond acceptors (Lipinski definition) is 3. The molecule has 0 saturated heterocycles. The van der Waals surface area contributed by atoms with Crippen molar-refractivity contribution in [2.75, 3.05) is 0 Å². The highest BCUT2D eigenvalue weighted by molar-refractivity contribution is 5.81. The summed E-state index contributed by atoms with van der Waals surface area (Å²) < 4.78 is 0. The second-order valence-corrected chi connectivity index (χ2v) is 5.73. The molecular formula is C15H22O4. The molecule has 0 bridgehead atoms. The number of aliphatic hydroxyl groups excluding tert-OH is 1. The number of aliphatic carboxylic acids is 1. The first kappa shape index (κ1) is 14.3. The summed E-state index contributed by atoms with van der Waals surface area (Å²) in [5.41, 5.74) is 0.959. The van der Waals surface area contributed by atoms with Gasteiger partial charge in [0, 0.05) is 18.3 Å². The normalized spacial score (nSPS) is 27.5. The van der Waals surface area contributed by atoms with Gasteiger partial charge in [0.1, 0.15) is 5.78 Å². The molecule has 0 aromatic rings. The molecule has 0 aliphatic heterocycles. The molecule has 0 amide bonds. The molecule has 4 nitrogen and oxygen atoms in total. The van der Waals surface area contributed by atoms with Crippen LogP contribution >= 0.6 is 0 Å². The van der Waals surface area contributed by atoms with E-state index in [-0.39, 0.29) is 18.3 Å². The van der Waals surface area contributed by atoms with E-state index in [1.165, 1.54) is 0 Å². The van der Waals surface area contributed by atoms with E-state index in [4.69, 9.17) is 5.11 Å². The third kappa shape index (κ3) is 3.66. The molecule has 0 radical (unpaired) electrons. The molecule has 106 valence electrons. The summed E-state index contributed by atoms with van der Waals surface area (Å²) >= 11 is 0. The van der Waals surface area contributed by atoms with Crippen LogP contribution in [-0.2, 0) is 9.59 Å². The van der Waals surface area contributed by atoms with Gasteiger partial charge < -0.3 is 10.2 Å². The molecule has 19 heavy (non-hydrogen) atoms. The van der Waals surface area contributed by atoms with Crippen molar-refractivity contribution in [3.8, 4) is 0 Å². The van der Waals surface area contributed by atoms with Crippen LogP contribution in [-0.4, -0.2) is 28.1 Å². The molecule has 2 aliphatic carbocycles. The number of aliphatic hydroxyl groups is 1. The average Bonchev–Trinajstić information content (AvgIpc) is 2.98. The summed E-state index contributed by atoms with van der Waals surface area (Å²) in [6.45, 7) is 0. The van der Waals surface area contributed by atoms with Gasteiger partial charge in [-0.25, -0.2) is 0 Å². The van der Waals surface area contributed by atoms with E-state index in [0.717, 1.165) is 31.3 Å². The number of carbonyl (C=O) groups excluding carboxylic acids is 1. The highest BCUT2D eigenvalue weighted by Gasteiger charge is 2.31. The molecule has 2 N–H and O–H groups in total. The van der Waals surface area contributed by atoms with Crippen LogP contribution in [0.25, 0.3) is 0 Å². The van der Waals surface area contributed by atoms with Gasteiger partial charge in [-0.15, -0.1) is 0 Å². The van der Waals surface area contributed by atoms with Crippen LogP contribution in [0.4, 0.5) is 0 Å². The molecule has 2 rings (SSSR count). The highest BCUT2D eigenvalue weighted by atomic mass is 16.4. The fourth-order valence-electron chi connectivity index (χ4n) is 3.30. The summed E-state index contributed by atoms with van der Waals surface area (Å²) in [6, 6.07) is 0. The SMILES string of the molecule is O=C(O)CC1C(CCC(=O)C2CCCC2)=CCC1O. The predicted molar refractivity (Wildman–Crippen MR) is 70.6 cm³/mol. The van der Waals surface area contributed by atoms with E-state index in [1.807, 2.05) is 6.08 Å². The quantitative estimate of drug-likeness (QED) is 0.723. The van der Waals surface area contributed by atoms with Crippen LogP contribution in [0.2, 0.25) is 0 Å². The molecule has 0 aromatic carbocycles. The van der Waals surface area contributed by atoms with E-state index >= 15 is 0 Å². The van der Waals surface area contributed by atoms with Crippen molar-refractivity contribution >= 4 is 11.8 Å². The Hall–Kier alpha value is -1.16. The number of Topliss-reactive ketones (excluding diaryl/α,β-unsaturated/α-hetero) is 1. The Bertz CT molecular complexity index is 380. The average molecular weight is 266 g/mol. The zero-order chi connectivity index (χ0) is 13.8. The Morgan fingerprint density at radius 2 is 1.95 bits per heavy atom. The summed E-state index contributed by atoms with van der Waals surface area (Å²) in [5, 5.41) is 18.6. The minimum atomic E-state index is -0.890. The third-order valence-corrected chi connectivity index (χ3v) is 4.43. The van der Waals surface area contributed by atoms with E-state index in [0.29, 0.717) is 25.0 Å². The van der Waals surface area contributed by atoms with Crippen LogP contribution in [0, 0.1) is 11.8 Å². The van der Waals surface area contributed by atoms with Crippen molar-refractivity contribution in [3.63, 3.8) is 0 Å². The van der Waals surface area contributed by atoms with Crippen LogP contribution < -0.4 is 0 Å². The number of carbonyl (C=O) groups is 2. The highest BCUT2D eigenvalue weighted by Crippen LogP contribution is 2.34. The van der Waals surface area contributed by atoms with Gasteiger partial charge in [0.25, 0.3) is 0 Å². The van der Waals surface area contributed by atoms with Crippen molar-refractivity contribution in [2.45, 2.75) is 57.5 Å². The Labute approximate surface area is 113 Å². The van der Waals surface area contributed by atoms with Gasteiger partial charge >= 0.3 is 5.97 Å².